The summed E-state index contributed by atoms with van der Waals surface area (Å²) in [5, 5.41) is 16.3. The lowest BCUT2D eigenvalue weighted by molar-refractivity contribution is -0.115. The van der Waals surface area contributed by atoms with E-state index in [0.717, 1.165) is 17.0 Å². The molecule has 0 saturated heterocycles. The van der Waals surface area contributed by atoms with E-state index in [-0.39, 0.29) is 11.9 Å². The second-order valence-electron chi connectivity index (χ2n) is 7.37. The van der Waals surface area contributed by atoms with Crippen molar-refractivity contribution in [2.45, 2.75) is 44.1 Å². The first kappa shape index (κ1) is 20.9. The number of furan rings is 1. The maximum Gasteiger partial charge on any atom is 0.238 e. The molecule has 160 valence electrons. The van der Waals surface area contributed by atoms with E-state index in [2.05, 4.69) is 20.6 Å². The number of hydrogen-bond donors (Lipinski definition) is 1. The van der Waals surface area contributed by atoms with Crippen molar-refractivity contribution in [3.05, 3.63) is 60.7 Å². The maximum atomic E-state index is 12.9. The van der Waals surface area contributed by atoms with Crippen molar-refractivity contribution in [3.63, 3.8) is 0 Å². The number of rotatable bonds is 7. The summed E-state index contributed by atoms with van der Waals surface area (Å²) in [6.45, 7) is 7.77. The van der Waals surface area contributed by atoms with E-state index in [9.17, 15) is 4.79 Å². The number of amides is 1. The van der Waals surface area contributed by atoms with Gasteiger partial charge in [-0.2, -0.15) is 5.10 Å². The summed E-state index contributed by atoms with van der Waals surface area (Å²) < 4.78 is 9.20. The third kappa shape index (κ3) is 4.27. The Kier molecular flexibility index (Phi) is 5.94. The van der Waals surface area contributed by atoms with Gasteiger partial charge in [0.05, 0.1) is 23.3 Å². The Morgan fingerprint density at radius 2 is 1.87 bits per heavy atom. The van der Waals surface area contributed by atoms with Gasteiger partial charge in [0.25, 0.3) is 0 Å². The topological polar surface area (TPSA) is 90.8 Å². The minimum Gasteiger partial charge on any atom is -0.469 e. The largest absolute Gasteiger partial charge is 0.469 e. The summed E-state index contributed by atoms with van der Waals surface area (Å²) in [6.07, 6.45) is 3.31. The number of anilines is 1. The van der Waals surface area contributed by atoms with Crippen molar-refractivity contribution >= 4 is 23.5 Å². The molecule has 8 nitrogen and oxygen atoms in total. The van der Waals surface area contributed by atoms with Gasteiger partial charge in [-0.15, -0.1) is 10.2 Å². The van der Waals surface area contributed by atoms with Crippen LogP contribution in [0.2, 0.25) is 0 Å². The van der Waals surface area contributed by atoms with E-state index in [1.165, 1.54) is 11.8 Å². The number of carbonyl (C=O) groups excluding carboxylic acids is 1. The van der Waals surface area contributed by atoms with Crippen LogP contribution >= 0.6 is 11.8 Å². The molecule has 1 atom stereocenters. The number of hydrogen-bond acceptors (Lipinski definition) is 6. The van der Waals surface area contributed by atoms with Gasteiger partial charge >= 0.3 is 0 Å². The van der Waals surface area contributed by atoms with Crippen LogP contribution in [0.1, 0.15) is 32.6 Å². The van der Waals surface area contributed by atoms with Crippen LogP contribution in [0, 0.1) is 6.92 Å². The fourth-order valence-electron chi connectivity index (χ4n) is 3.21. The molecule has 1 unspecified atom stereocenters. The van der Waals surface area contributed by atoms with Gasteiger partial charge in [0, 0.05) is 17.8 Å². The lowest BCUT2D eigenvalue weighted by Gasteiger charge is -2.15. The van der Waals surface area contributed by atoms with Crippen LogP contribution in [0.5, 0.6) is 0 Å². The fourth-order valence-corrected chi connectivity index (χ4v) is 4.08. The predicted molar refractivity (Wildman–Crippen MR) is 120 cm³/mol. The van der Waals surface area contributed by atoms with Gasteiger partial charge in [-0.3, -0.25) is 9.36 Å². The lowest BCUT2D eigenvalue weighted by Crippen LogP contribution is -2.25. The van der Waals surface area contributed by atoms with Crippen molar-refractivity contribution in [2.75, 3.05) is 5.32 Å². The van der Waals surface area contributed by atoms with Gasteiger partial charge in [0.1, 0.15) is 11.6 Å². The van der Waals surface area contributed by atoms with Crippen LogP contribution < -0.4 is 5.32 Å². The number of aromatic nitrogens is 5. The number of thioether (sulfide) groups is 1. The first-order chi connectivity index (χ1) is 15.0. The molecule has 0 aliphatic carbocycles. The number of aryl methyl sites for hydroxylation is 1. The fraction of sp³-hybridized carbons (Fsp3) is 0.273. The van der Waals surface area contributed by atoms with E-state index in [1.54, 1.807) is 23.2 Å². The third-order valence-corrected chi connectivity index (χ3v) is 5.85. The number of benzene rings is 1. The van der Waals surface area contributed by atoms with Crippen molar-refractivity contribution < 1.29 is 9.21 Å². The zero-order valence-electron chi connectivity index (χ0n) is 17.8. The molecule has 3 heterocycles. The van der Waals surface area contributed by atoms with Gasteiger partial charge in [-0.25, -0.2) is 4.68 Å². The van der Waals surface area contributed by atoms with E-state index in [1.807, 2.05) is 68.7 Å². The SMILES string of the molecule is Cc1occc1-c1nnc(SC(C)C(=O)Nc2ccnn2C(C)C)n1-c1ccccc1. The molecule has 4 aromatic rings. The zero-order valence-corrected chi connectivity index (χ0v) is 18.6. The first-order valence-corrected chi connectivity index (χ1v) is 10.9. The Morgan fingerprint density at radius 1 is 1.10 bits per heavy atom. The molecule has 0 aliphatic rings. The highest BCUT2D eigenvalue weighted by atomic mass is 32.2. The molecule has 9 heteroatoms. The monoisotopic (exact) mass is 436 g/mol. The molecule has 0 radical (unpaired) electrons. The number of carbonyl (C=O) groups is 1. The Bertz CT molecular complexity index is 1180. The molecular formula is C22H24N6O2S. The molecule has 0 saturated carbocycles. The van der Waals surface area contributed by atoms with Crippen LogP contribution in [0.3, 0.4) is 0 Å². The van der Waals surface area contributed by atoms with Gasteiger partial charge in [-0.05, 0) is 45.9 Å². The molecule has 0 fully saturated rings. The van der Waals surface area contributed by atoms with Gasteiger partial charge in [0.15, 0.2) is 11.0 Å². The number of nitrogens with zero attached hydrogens (tertiary/aromatic N) is 5. The molecule has 31 heavy (non-hydrogen) atoms. The van der Waals surface area contributed by atoms with Gasteiger partial charge in [-0.1, -0.05) is 30.0 Å². The van der Waals surface area contributed by atoms with E-state index < -0.39 is 5.25 Å². The molecule has 0 spiro atoms. The standard InChI is InChI=1S/C22H24N6O2S/c1-14(2)28-19(10-12-23-28)24-21(29)16(4)31-22-26-25-20(18-11-13-30-15(18)3)27(22)17-8-6-5-7-9-17/h5-14,16H,1-4H3,(H,24,29). The minimum atomic E-state index is -0.402. The molecule has 1 aromatic carbocycles. The van der Waals surface area contributed by atoms with Crippen LogP contribution in [0.25, 0.3) is 17.1 Å². The Morgan fingerprint density at radius 3 is 2.55 bits per heavy atom. The van der Waals surface area contributed by atoms with Crippen molar-refractivity contribution in [1.82, 2.24) is 24.5 Å². The Hall–Kier alpha value is -3.33. The quantitative estimate of drug-likeness (QED) is 0.421. The molecule has 0 aliphatic heterocycles. The van der Waals surface area contributed by atoms with Crippen LogP contribution in [0.4, 0.5) is 5.82 Å². The number of para-hydroxylation sites is 1. The van der Waals surface area contributed by atoms with Crippen molar-refractivity contribution in [3.8, 4) is 17.1 Å². The summed E-state index contributed by atoms with van der Waals surface area (Å²) in [5.41, 5.74) is 1.78. The second-order valence-corrected chi connectivity index (χ2v) is 8.68. The van der Waals surface area contributed by atoms with E-state index in [4.69, 9.17) is 4.42 Å². The molecular weight excluding hydrogens is 412 g/mol. The Balaban J connectivity index is 1.62. The highest BCUT2D eigenvalue weighted by molar-refractivity contribution is 8.00. The highest BCUT2D eigenvalue weighted by Gasteiger charge is 2.24. The van der Waals surface area contributed by atoms with E-state index >= 15 is 0 Å². The highest BCUT2D eigenvalue weighted by Crippen LogP contribution is 2.32. The second kappa shape index (κ2) is 8.81. The average Bonchev–Trinajstić information content (AvgIpc) is 3.48. The molecule has 0 bridgehead atoms. The summed E-state index contributed by atoms with van der Waals surface area (Å²) >= 11 is 1.35. The summed E-state index contributed by atoms with van der Waals surface area (Å²) in [6, 6.07) is 13.7. The minimum absolute atomic E-state index is 0.129. The number of nitrogens with one attached hydrogen (secondary N) is 1. The van der Waals surface area contributed by atoms with Crippen LogP contribution in [-0.4, -0.2) is 35.7 Å². The normalized spacial score (nSPS) is 12.3. The summed E-state index contributed by atoms with van der Waals surface area (Å²) in [4.78, 5) is 12.9. The first-order valence-electron chi connectivity index (χ1n) is 10.0. The Labute approximate surface area is 184 Å². The predicted octanol–water partition coefficient (Wildman–Crippen LogP) is 4.73. The zero-order chi connectivity index (χ0) is 22.0. The van der Waals surface area contributed by atoms with Crippen LogP contribution in [-0.2, 0) is 4.79 Å². The summed E-state index contributed by atoms with van der Waals surface area (Å²) in [7, 11) is 0. The maximum absolute atomic E-state index is 12.9. The smallest absolute Gasteiger partial charge is 0.238 e. The molecule has 3 aromatic heterocycles. The van der Waals surface area contributed by atoms with Crippen LogP contribution in [0.15, 0.2) is 64.5 Å². The third-order valence-electron chi connectivity index (χ3n) is 4.81. The lowest BCUT2D eigenvalue weighted by atomic mass is 10.2. The van der Waals surface area contributed by atoms with Gasteiger partial charge in [0.2, 0.25) is 5.91 Å². The molecule has 4 rings (SSSR count). The molecule has 1 amide bonds. The molecule has 1 N–H and O–H groups in total. The van der Waals surface area contributed by atoms with Crippen molar-refractivity contribution in [1.29, 1.82) is 0 Å². The summed E-state index contributed by atoms with van der Waals surface area (Å²) in [5.74, 6) is 1.97. The average molecular weight is 437 g/mol. The van der Waals surface area contributed by atoms with E-state index in [0.29, 0.717) is 16.8 Å². The van der Waals surface area contributed by atoms with Gasteiger partial charge < -0.3 is 9.73 Å². The van der Waals surface area contributed by atoms with Crippen molar-refractivity contribution in [2.24, 2.45) is 0 Å².